The van der Waals surface area contributed by atoms with Gasteiger partial charge < -0.3 is 24.8 Å². The summed E-state index contributed by atoms with van der Waals surface area (Å²) in [5, 5.41) is 6.61. The van der Waals surface area contributed by atoms with Gasteiger partial charge in [-0.3, -0.25) is 0 Å². The van der Waals surface area contributed by atoms with Crippen LogP contribution in [0.2, 0.25) is 0 Å². The van der Waals surface area contributed by atoms with Crippen molar-refractivity contribution in [1.82, 2.24) is 10.6 Å². The Labute approximate surface area is 161 Å². The van der Waals surface area contributed by atoms with Crippen LogP contribution in [0.5, 0.6) is 11.5 Å². The Kier molecular flexibility index (Phi) is 8.45. The molecule has 1 unspecified atom stereocenters. The van der Waals surface area contributed by atoms with E-state index in [0.717, 1.165) is 35.1 Å². The van der Waals surface area contributed by atoms with Crippen molar-refractivity contribution in [3.8, 4) is 11.5 Å². The first-order valence-electron chi connectivity index (χ1n) is 9.02. The van der Waals surface area contributed by atoms with Crippen LogP contribution in [0.3, 0.4) is 0 Å². The minimum atomic E-state index is -0.0504. The summed E-state index contributed by atoms with van der Waals surface area (Å²) in [6.45, 7) is 3.92. The third kappa shape index (κ3) is 6.18. The van der Waals surface area contributed by atoms with E-state index in [0.29, 0.717) is 13.1 Å². The minimum absolute atomic E-state index is 0.0504. The van der Waals surface area contributed by atoms with Crippen LogP contribution >= 0.6 is 0 Å². The number of guanidine groups is 1. The zero-order valence-electron chi connectivity index (χ0n) is 16.5. The summed E-state index contributed by atoms with van der Waals surface area (Å²) < 4.78 is 16.3. The van der Waals surface area contributed by atoms with E-state index in [2.05, 4.69) is 27.8 Å². The maximum atomic E-state index is 5.61. The zero-order valence-corrected chi connectivity index (χ0v) is 16.5. The summed E-state index contributed by atoms with van der Waals surface area (Å²) in [7, 11) is 5.00. The molecule has 1 atom stereocenters. The lowest BCUT2D eigenvalue weighted by molar-refractivity contribution is 0.106. The number of nitrogens with one attached hydrogen (secondary N) is 2. The van der Waals surface area contributed by atoms with Crippen LogP contribution in [0.25, 0.3) is 0 Å². The smallest absolute Gasteiger partial charge is 0.191 e. The molecule has 27 heavy (non-hydrogen) atoms. The maximum absolute atomic E-state index is 5.61. The highest BCUT2D eigenvalue weighted by atomic mass is 16.5. The first kappa shape index (κ1) is 20.6. The molecule has 146 valence electrons. The molecule has 0 aliphatic heterocycles. The number of ether oxygens (including phenoxy) is 3. The number of nitrogens with zero attached hydrogens (tertiary/aromatic N) is 1. The molecule has 0 aliphatic carbocycles. The molecular weight excluding hydrogens is 342 g/mol. The van der Waals surface area contributed by atoms with E-state index >= 15 is 0 Å². The van der Waals surface area contributed by atoms with Crippen molar-refractivity contribution in [1.29, 1.82) is 0 Å². The van der Waals surface area contributed by atoms with Crippen LogP contribution in [0.4, 0.5) is 0 Å². The lowest BCUT2D eigenvalue weighted by atomic mass is 10.1. The average Bonchev–Trinajstić information content (AvgIpc) is 2.73. The molecule has 0 spiro atoms. The van der Waals surface area contributed by atoms with Crippen molar-refractivity contribution in [2.75, 3.05) is 34.4 Å². The molecule has 0 bridgehead atoms. The Morgan fingerprint density at radius 2 is 1.78 bits per heavy atom. The molecule has 6 nitrogen and oxygen atoms in total. The fraction of sp³-hybridized carbons (Fsp3) is 0.381. The molecule has 0 amide bonds. The Morgan fingerprint density at radius 3 is 2.41 bits per heavy atom. The monoisotopic (exact) mass is 371 g/mol. The van der Waals surface area contributed by atoms with Gasteiger partial charge in [-0.2, -0.15) is 0 Å². The fourth-order valence-electron chi connectivity index (χ4n) is 2.68. The van der Waals surface area contributed by atoms with Crippen LogP contribution in [0.15, 0.2) is 53.5 Å². The van der Waals surface area contributed by atoms with E-state index in [9.17, 15) is 0 Å². The van der Waals surface area contributed by atoms with Gasteiger partial charge >= 0.3 is 0 Å². The second kappa shape index (κ2) is 11.1. The lowest BCUT2D eigenvalue weighted by Crippen LogP contribution is -2.39. The van der Waals surface area contributed by atoms with Gasteiger partial charge in [0.1, 0.15) is 11.5 Å². The van der Waals surface area contributed by atoms with Crippen LogP contribution in [0.1, 0.15) is 24.2 Å². The maximum Gasteiger partial charge on any atom is 0.191 e. The van der Waals surface area contributed by atoms with Crippen molar-refractivity contribution >= 4 is 5.96 Å². The standard InChI is InChI=1S/C21H29N3O3/c1-5-22-21(24-15-20(27-4)16-9-7-6-8-10-16)23-14-17-11-12-18(25-2)13-19(17)26-3/h6-13,20H,5,14-15H2,1-4H3,(H2,22,23,24). The van der Waals surface area contributed by atoms with E-state index in [1.807, 2.05) is 43.3 Å². The van der Waals surface area contributed by atoms with Gasteiger partial charge in [-0.1, -0.05) is 30.3 Å². The van der Waals surface area contributed by atoms with Crippen molar-refractivity contribution in [2.24, 2.45) is 4.99 Å². The predicted molar refractivity (Wildman–Crippen MR) is 109 cm³/mol. The molecule has 2 rings (SSSR count). The van der Waals surface area contributed by atoms with Crippen molar-refractivity contribution < 1.29 is 14.2 Å². The molecule has 0 radical (unpaired) electrons. The second-order valence-corrected chi connectivity index (χ2v) is 5.89. The molecule has 0 fully saturated rings. The average molecular weight is 371 g/mol. The predicted octanol–water partition coefficient (Wildman–Crippen LogP) is 3.15. The van der Waals surface area contributed by atoms with Gasteiger partial charge in [0.15, 0.2) is 5.96 Å². The third-order valence-electron chi connectivity index (χ3n) is 4.16. The van der Waals surface area contributed by atoms with Gasteiger partial charge in [0.05, 0.1) is 26.9 Å². The van der Waals surface area contributed by atoms with Crippen LogP contribution in [-0.2, 0) is 11.3 Å². The number of hydrogen-bond donors (Lipinski definition) is 2. The van der Waals surface area contributed by atoms with E-state index in [-0.39, 0.29) is 6.10 Å². The molecule has 0 aliphatic rings. The topological polar surface area (TPSA) is 64.1 Å². The van der Waals surface area contributed by atoms with E-state index in [1.54, 1.807) is 21.3 Å². The SMILES string of the molecule is CCNC(=NCc1ccc(OC)cc1OC)NCC(OC)c1ccccc1. The Bertz CT molecular complexity index is 720. The van der Waals surface area contributed by atoms with Crippen molar-refractivity contribution in [3.63, 3.8) is 0 Å². The van der Waals surface area contributed by atoms with Gasteiger partial charge in [0.2, 0.25) is 0 Å². The second-order valence-electron chi connectivity index (χ2n) is 5.89. The van der Waals surface area contributed by atoms with E-state index < -0.39 is 0 Å². The quantitative estimate of drug-likeness (QED) is 0.524. The lowest BCUT2D eigenvalue weighted by Gasteiger charge is -2.19. The van der Waals surface area contributed by atoms with Gasteiger partial charge in [0, 0.05) is 31.8 Å². The molecular formula is C21H29N3O3. The highest BCUT2D eigenvalue weighted by molar-refractivity contribution is 5.79. The summed E-state index contributed by atoms with van der Waals surface area (Å²) in [4.78, 5) is 4.67. The molecule has 0 saturated heterocycles. The van der Waals surface area contributed by atoms with E-state index in [1.165, 1.54) is 0 Å². The highest BCUT2D eigenvalue weighted by Gasteiger charge is 2.11. The van der Waals surface area contributed by atoms with Gasteiger partial charge in [-0.25, -0.2) is 4.99 Å². The number of benzene rings is 2. The first-order chi connectivity index (χ1) is 13.2. The summed E-state index contributed by atoms with van der Waals surface area (Å²) in [5.41, 5.74) is 2.11. The highest BCUT2D eigenvalue weighted by Crippen LogP contribution is 2.25. The third-order valence-corrected chi connectivity index (χ3v) is 4.16. The van der Waals surface area contributed by atoms with E-state index in [4.69, 9.17) is 14.2 Å². The summed E-state index contributed by atoms with van der Waals surface area (Å²) >= 11 is 0. The number of hydrogen-bond acceptors (Lipinski definition) is 4. The van der Waals surface area contributed by atoms with Gasteiger partial charge in [-0.15, -0.1) is 0 Å². The number of methoxy groups -OCH3 is 3. The zero-order chi connectivity index (χ0) is 19.5. The molecule has 6 heteroatoms. The van der Waals surface area contributed by atoms with Gasteiger partial charge in [0.25, 0.3) is 0 Å². The minimum Gasteiger partial charge on any atom is -0.497 e. The summed E-state index contributed by atoms with van der Waals surface area (Å²) in [6.07, 6.45) is -0.0504. The number of rotatable bonds is 9. The molecule has 0 aromatic heterocycles. The van der Waals surface area contributed by atoms with Crippen LogP contribution in [0, 0.1) is 0 Å². The largest absolute Gasteiger partial charge is 0.497 e. The van der Waals surface area contributed by atoms with Gasteiger partial charge in [-0.05, 0) is 24.6 Å². The Balaban J connectivity index is 2.05. The molecule has 2 aromatic rings. The number of aliphatic imine (C=N–C) groups is 1. The fourth-order valence-corrected chi connectivity index (χ4v) is 2.68. The normalized spacial score (nSPS) is 12.4. The molecule has 2 aromatic carbocycles. The summed E-state index contributed by atoms with van der Waals surface area (Å²) in [5.74, 6) is 2.25. The van der Waals surface area contributed by atoms with Crippen molar-refractivity contribution in [2.45, 2.75) is 19.6 Å². The Morgan fingerprint density at radius 1 is 1.00 bits per heavy atom. The molecule has 2 N–H and O–H groups in total. The van der Waals surface area contributed by atoms with Crippen LogP contribution in [-0.4, -0.2) is 40.4 Å². The van der Waals surface area contributed by atoms with Crippen LogP contribution < -0.4 is 20.1 Å². The van der Waals surface area contributed by atoms with Crippen molar-refractivity contribution in [3.05, 3.63) is 59.7 Å². The molecule has 0 heterocycles. The Hall–Kier alpha value is -2.73. The first-order valence-corrected chi connectivity index (χ1v) is 9.02. The molecule has 0 saturated carbocycles. The summed E-state index contributed by atoms with van der Waals surface area (Å²) in [6, 6.07) is 15.9.